The highest BCUT2D eigenvalue weighted by molar-refractivity contribution is 6.30. The lowest BCUT2D eigenvalue weighted by Gasteiger charge is -2.08. The molecule has 0 saturated heterocycles. The normalized spacial score (nSPS) is 10.7. The van der Waals surface area contributed by atoms with Gasteiger partial charge in [-0.05, 0) is 48.4 Å². The van der Waals surface area contributed by atoms with Gasteiger partial charge in [0, 0.05) is 23.3 Å². The van der Waals surface area contributed by atoms with Crippen molar-refractivity contribution in [2.45, 2.75) is 13.0 Å². The second-order valence-corrected chi connectivity index (χ2v) is 7.31. The van der Waals surface area contributed by atoms with E-state index < -0.39 is 0 Å². The van der Waals surface area contributed by atoms with Gasteiger partial charge in [-0.25, -0.2) is 0 Å². The largest absolute Gasteiger partial charge is 0.354 e. The molecule has 0 spiro atoms. The van der Waals surface area contributed by atoms with Crippen LogP contribution < -0.4 is 10.9 Å². The Labute approximate surface area is 183 Å². The highest BCUT2D eigenvalue weighted by Gasteiger charge is 2.16. The lowest BCUT2D eigenvalue weighted by molar-refractivity contribution is -0.121. The number of nitrogens with zero attached hydrogens (tertiary/aromatic N) is 3. The number of hydrogen-bond donors (Lipinski definition) is 1. The number of amides is 1. The van der Waals surface area contributed by atoms with Gasteiger partial charge >= 0.3 is 0 Å². The van der Waals surface area contributed by atoms with Crippen LogP contribution >= 0.6 is 11.6 Å². The summed E-state index contributed by atoms with van der Waals surface area (Å²) in [6, 6.07) is 20.1. The van der Waals surface area contributed by atoms with E-state index in [-0.39, 0.29) is 29.5 Å². The summed E-state index contributed by atoms with van der Waals surface area (Å²) in [5.74, 6) is 0.191. The van der Waals surface area contributed by atoms with E-state index in [0.717, 1.165) is 12.0 Å². The number of nitrogens with one attached hydrogen (secondary N) is 1. The zero-order chi connectivity index (χ0) is 21.6. The molecule has 0 aliphatic heterocycles. The van der Waals surface area contributed by atoms with E-state index in [9.17, 15) is 9.59 Å². The molecule has 4 rings (SSSR count). The van der Waals surface area contributed by atoms with Crippen molar-refractivity contribution in [3.05, 3.63) is 93.9 Å². The molecule has 8 heteroatoms. The molecule has 1 N–H and O–H groups in total. The number of benzene rings is 2. The Kier molecular flexibility index (Phi) is 6.24. The molecule has 7 nitrogen and oxygen atoms in total. The zero-order valence-electron chi connectivity index (χ0n) is 16.5. The number of halogens is 1. The Morgan fingerprint density at radius 2 is 1.81 bits per heavy atom. The first-order valence-corrected chi connectivity index (χ1v) is 10.1. The van der Waals surface area contributed by atoms with Crippen molar-refractivity contribution in [2.24, 2.45) is 0 Å². The number of carbonyl (C=O) groups is 1. The Morgan fingerprint density at radius 1 is 1.03 bits per heavy atom. The van der Waals surface area contributed by atoms with Gasteiger partial charge in [-0.1, -0.05) is 47.1 Å². The Hall–Kier alpha value is -3.71. The fraction of sp³-hybridized carbons (Fsp3) is 0.130. The van der Waals surface area contributed by atoms with E-state index in [1.807, 2.05) is 30.3 Å². The third kappa shape index (κ3) is 5.07. The van der Waals surface area contributed by atoms with Gasteiger partial charge in [-0.2, -0.15) is 4.98 Å². The predicted octanol–water partition coefficient (Wildman–Crippen LogP) is 3.58. The van der Waals surface area contributed by atoms with Gasteiger partial charge in [-0.3, -0.25) is 9.59 Å². The van der Waals surface area contributed by atoms with E-state index >= 15 is 0 Å². The van der Waals surface area contributed by atoms with E-state index in [4.69, 9.17) is 16.1 Å². The molecule has 0 atom stereocenters. The van der Waals surface area contributed by atoms with Crippen molar-refractivity contribution < 1.29 is 9.32 Å². The van der Waals surface area contributed by atoms with Crippen molar-refractivity contribution in [1.82, 2.24) is 20.0 Å². The van der Waals surface area contributed by atoms with Gasteiger partial charge in [0.05, 0.1) is 0 Å². The van der Waals surface area contributed by atoms with Crippen LogP contribution in [0.5, 0.6) is 0 Å². The molecule has 0 unspecified atom stereocenters. The molecule has 2 aromatic heterocycles. The maximum absolute atomic E-state index is 12.8. The van der Waals surface area contributed by atoms with Crippen LogP contribution in [0.2, 0.25) is 5.02 Å². The summed E-state index contributed by atoms with van der Waals surface area (Å²) in [6.07, 6.45) is 2.27. The van der Waals surface area contributed by atoms with Crippen molar-refractivity contribution >= 4 is 17.5 Å². The van der Waals surface area contributed by atoms with Crippen molar-refractivity contribution in [1.29, 1.82) is 0 Å². The van der Waals surface area contributed by atoms with Gasteiger partial charge < -0.3 is 14.4 Å². The minimum Gasteiger partial charge on any atom is -0.354 e. The molecule has 31 heavy (non-hydrogen) atoms. The van der Waals surface area contributed by atoms with Gasteiger partial charge in [0.1, 0.15) is 12.1 Å². The van der Waals surface area contributed by atoms with E-state index in [1.165, 1.54) is 4.57 Å². The first-order chi connectivity index (χ1) is 15.1. The van der Waals surface area contributed by atoms with Crippen LogP contribution in [-0.2, 0) is 17.8 Å². The first kappa shape index (κ1) is 20.6. The predicted molar refractivity (Wildman–Crippen MR) is 118 cm³/mol. The minimum atomic E-state index is -0.382. The van der Waals surface area contributed by atoms with Crippen LogP contribution in [0, 0.1) is 0 Å². The second kappa shape index (κ2) is 9.40. The summed E-state index contributed by atoms with van der Waals surface area (Å²) >= 11 is 5.90. The molecule has 0 saturated carbocycles. The van der Waals surface area contributed by atoms with Gasteiger partial charge in [-0.15, -0.1) is 0 Å². The Morgan fingerprint density at radius 3 is 2.58 bits per heavy atom. The summed E-state index contributed by atoms with van der Waals surface area (Å²) < 4.78 is 6.60. The molecule has 0 aliphatic rings. The number of aromatic nitrogens is 3. The topological polar surface area (TPSA) is 90.0 Å². The molecule has 0 radical (unpaired) electrons. The van der Waals surface area contributed by atoms with Crippen LogP contribution in [0.4, 0.5) is 0 Å². The molecule has 0 fully saturated rings. The summed E-state index contributed by atoms with van der Waals surface area (Å²) in [5, 5.41) is 7.37. The van der Waals surface area contributed by atoms with E-state index in [2.05, 4.69) is 15.5 Å². The molecule has 2 aromatic carbocycles. The second-order valence-electron chi connectivity index (χ2n) is 6.87. The van der Waals surface area contributed by atoms with Gasteiger partial charge in [0.15, 0.2) is 0 Å². The molecule has 156 valence electrons. The van der Waals surface area contributed by atoms with Crippen LogP contribution in [0.25, 0.3) is 22.8 Å². The monoisotopic (exact) mass is 434 g/mol. The summed E-state index contributed by atoms with van der Waals surface area (Å²) in [6.45, 7) is 0.394. The summed E-state index contributed by atoms with van der Waals surface area (Å²) in [7, 11) is 0. The summed E-state index contributed by atoms with van der Waals surface area (Å²) in [5.41, 5.74) is 1.70. The summed E-state index contributed by atoms with van der Waals surface area (Å²) in [4.78, 5) is 29.4. The lowest BCUT2D eigenvalue weighted by Crippen LogP contribution is -2.33. The molecule has 2 heterocycles. The van der Waals surface area contributed by atoms with E-state index in [1.54, 1.807) is 42.6 Å². The maximum Gasteiger partial charge on any atom is 0.263 e. The van der Waals surface area contributed by atoms with Gasteiger partial charge in [0.25, 0.3) is 11.4 Å². The number of rotatable bonds is 7. The number of hydrogen-bond acceptors (Lipinski definition) is 5. The van der Waals surface area contributed by atoms with Crippen molar-refractivity contribution in [2.75, 3.05) is 6.54 Å². The molecule has 0 aliphatic carbocycles. The molecular weight excluding hydrogens is 416 g/mol. The van der Waals surface area contributed by atoms with Crippen LogP contribution in [0.15, 0.2) is 82.2 Å². The smallest absolute Gasteiger partial charge is 0.263 e. The third-order valence-corrected chi connectivity index (χ3v) is 4.92. The Balaban J connectivity index is 1.44. The lowest BCUT2D eigenvalue weighted by atomic mass is 10.1. The average molecular weight is 435 g/mol. The van der Waals surface area contributed by atoms with Crippen LogP contribution in [0.1, 0.15) is 5.56 Å². The van der Waals surface area contributed by atoms with E-state index in [0.29, 0.717) is 23.0 Å². The van der Waals surface area contributed by atoms with Crippen LogP contribution in [0.3, 0.4) is 0 Å². The highest BCUT2D eigenvalue weighted by Crippen LogP contribution is 2.21. The Bertz CT molecular complexity index is 1230. The van der Waals surface area contributed by atoms with Gasteiger partial charge in [0.2, 0.25) is 11.7 Å². The standard InChI is InChI=1S/C23H19ClN4O3/c24-18-10-8-17(9-11-18)21-26-22(31-27-21)19-7-4-14-28(23(19)30)15-20(29)25-13-12-16-5-2-1-3-6-16/h1-11,14H,12-13,15H2,(H,25,29). The first-order valence-electron chi connectivity index (χ1n) is 9.70. The highest BCUT2D eigenvalue weighted by atomic mass is 35.5. The fourth-order valence-corrected chi connectivity index (χ4v) is 3.20. The molecule has 4 aromatic rings. The third-order valence-electron chi connectivity index (χ3n) is 4.67. The average Bonchev–Trinajstić information content (AvgIpc) is 3.26. The van der Waals surface area contributed by atoms with Crippen molar-refractivity contribution in [3.8, 4) is 22.8 Å². The minimum absolute atomic E-state index is 0.0915. The van der Waals surface area contributed by atoms with Crippen LogP contribution in [-0.4, -0.2) is 27.2 Å². The zero-order valence-corrected chi connectivity index (χ0v) is 17.2. The maximum atomic E-state index is 12.8. The SMILES string of the molecule is O=C(Cn1cccc(-c2nc(-c3ccc(Cl)cc3)no2)c1=O)NCCc1ccccc1. The molecular formula is C23H19ClN4O3. The number of pyridine rings is 1. The van der Waals surface area contributed by atoms with Crippen molar-refractivity contribution in [3.63, 3.8) is 0 Å². The molecule has 1 amide bonds. The fourth-order valence-electron chi connectivity index (χ4n) is 3.07. The number of carbonyl (C=O) groups excluding carboxylic acids is 1. The quantitative estimate of drug-likeness (QED) is 0.480. The molecule has 0 bridgehead atoms.